The van der Waals surface area contributed by atoms with E-state index in [9.17, 15) is 40.3 Å². The monoisotopic (exact) mass is 422 g/mol. The molecule has 4 nitrogen and oxygen atoms in total. The van der Waals surface area contributed by atoms with E-state index in [4.69, 9.17) is 0 Å². The molecule has 0 fully saturated rings. The van der Waals surface area contributed by atoms with Crippen molar-refractivity contribution < 1.29 is 40.3 Å². The van der Waals surface area contributed by atoms with E-state index >= 15 is 0 Å². The SMILES string of the molecule is O=C(NCC(F)(F)C(F)(F)C(F)(F)F)c1cccc(NC(=O)c2ccccc2)c1. The van der Waals surface area contributed by atoms with E-state index in [2.05, 4.69) is 5.32 Å². The highest BCUT2D eigenvalue weighted by Crippen LogP contribution is 2.46. The van der Waals surface area contributed by atoms with Crippen molar-refractivity contribution in [2.45, 2.75) is 18.0 Å². The molecular formula is C18H13F7N2O2. The second-order valence-corrected chi connectivity index (χ2v) is 5.86. The van der Waals surface area contributed by atoms with Gasteiger partial charge in [-0.3, -0.25) is 9.59 Å². The number of benzene rings is 2. The molecule has 156 valence electrons. The third-order valence-electron chi connectivity index (χ3n) is 3.70. The number of carbonyl (C=O) groups excluding carboxylic acids is 2. The van der Waals surface area contributed by atoms with Crippen LogP contribution >= 0.6 is 0 Å². The molecule has 0 radical (unpaired) electrons. The molecule has 0 unspecified atom stereocenters. The number of carbonyl (C=O) groups is 2. The van der Waals surface area contributed by atoms with Crippen LogP contribution < -0.4 is 10.6 Å². The van der Waals surface area contributed by atoms with Crippen molar-refractivity contribution in [2.24, 2.45) is 0 Å². The highest BCUT2D eigenvalue weighted by Gasteiger charge is 2.72. The summed E-state index contributed by atoms with van der Waals surface area (Å²) >= 11 is 0. The summed E-state index contributed by atoms with van der Waals surface area (Å²) in [7, 11) is 0. The van der Waals surface area contributed by atoms with Gasteiger partial charge in [-0.1, -0.05) is 24.3 Å². The van der Waals surface area contributed by atoms with Crippen LogP contribution in [0.15, 0.2) is 54.6 Å². The van der Waals surface area contributed by atoms with Gasteiger partial charge in [0.15, 0.2) is 0 Å². The highest BCUT2D eigenvalue weighted by atomic mass is 19.4. The Bertz CT molecular complexity index is 883. The van der Waals surface area contributed by atoms with Crippen LogP contribution in [0.1, 0.15) is 20.7 Å². The lowest BCUT2D eigenvalue weighted by atomic mass is 10.1. The van der Waals surface area contributed by atoms with Gasteiger partial charge < -0.3 is 10.6 Å². The molecule has 29 heavy (non-hydrogen) atoms. The summed E-state index contributed by atoms with van der Waals surface area (Å²) in [6.07, 6.45) is -6.48. The Kier molecular flexibility index (Phi) is 6.19. The maximum atomic E-state index is 13.3. The van der Waals surface area contributed by atoms with Gasteiger partial charge >= 0.3 is 18.0 Å². The predicted molar refractivity (Wildman–Crippen MR) is 89.1 cm³/mol. The lowest BCUT2D eigenvalue weighted by molar-refractivity contribution is -0.352. The van der Waals surface area contributed by atoms with E-state index in [1.807, 2.05) is 0 Å². The highest BCUT2D eigenvalue weighted by molar-refractivity contribution is 6.05. The maximum absolute atomic E-state index is 13.3. The normalized spacial score (nSPS) is 12.4. The van der Waals surface area contributed by atoms with Crippen LogP contribution in [0.2, 0.25) is 0 Å². The fraction of sp³-hybridized carbons (Fsp3) is 0.222. The Morgan fingerprint density at radius 1 is 0.759 bits per heavy atom. The minimum Gasteiger partial charge on any atom is -0.346 e. The quantitative estimate of drug-likeness (QED) is 0.674. The van der Waals surface area contributed by atoms with Crippen LogP contribution in [0.5, 0.6) is 0 Å². The van der Waals surface area contributed by atoms with Gasteiger partial charge in [-0.05, 0) is 30.3 Å². The van der Waals surface area contributed by atoms with Crippen molar-refractivity contribution in [2.75, 3.05) is 11.9 Å². The Labute approximate surface area is 159 Å². The zero-order valence-electron chi connectivity index (χ0n) is 14.4. The van der Waals surface area contributed by atoms with Crippen LogP contribution in [-0.2, 0) is 0 Å². The van der Waals surface area contributed by atoms with Crippen molar-refractivity contribution in [1.29, 1.82) is 0 Å². The molecule has 0 aliphatic rings. The Balaban J connectivity index is 2.07. The average molecular weight is 422 g/mol. The molecule has 0 heterocycles. The van der Waals surface area contributed by atoms with E-state index in [1.165, 1.54) is 29.6 Å². The van der Waals surface area contributed by atoms with Gasteiger partial charge in [0, 0.05) is 16.8 Å². The van der Waals surface area contributed by atoms with Crippen LogP contribution in [0, 0.1) is 0 Å². The summed E-state index contributed by atoms with van der Waals surface area (Å²) in [6.45, 7) is -2.24. The summed E-state index contributed by atoms with van der Waals surface area (Å²) < 4.78 is 88.6. The first-order chi connectivity index (χ1) is 13.3. The number of hydrogen-bond acceptors (Lipinski definition) is 2. The molecule has 2 aromatic carbocycles. The Morgan fingerprint density at radius 2 is 1.34 bits per heavy atom. The van der Waals surface area contributed by atoms with Gasteiger partial charge in [0.05, 0.1) is 6.54 Å². The molecule has 11 heteroatoms. The molecule has 0 saturated heterocycles. The van der Waals surface area contributed by atoms with Gasteiger partial charge in [0.25, 0.3) is 11.8 Å². The molecule has 2 amide bonds. The molecule has 0 spiro atoms. The van der Waals surface area contributed by atoms with Crippen molar-refractivity contribution in [3.05, 3.63) is 65.7 Å². The third-order valence-corrected chi connectivity index (χ3v) is 3.70. The van der Waals surface area contributed by atoms with E-state index in [1.54, 1.807) is 18.2 Å². The summed E-state index contributed by atoms with van der Waals surface area (Å²) in [5, 5.41) is 3.78. The summed E-state index contributed by atoms with van der Waals surface area (Å²) in [4.78, 5) is 23.9. The van der Waals surface area contributed by atoms with Gasteiger partial charge in [-0.2, -0.15) is 30.7 Å². The maximum Gasteiger partial charge on any atom is 0.459 e. The summed E-state index contributed by atoms with van der Waals surface area (Å²) in [5.74, 6) is -13.7. The second kappa shape index (κ2) is 8.10. The minimum atomic E-state index is -6.48. The zero-order valence-corrected chi connectivity index (χ0v) is 14.4. The van der Waals surface area contributed by atoms with Crippen molar-refractivity contribution in [1.82, 2.24) is 5.32 Å². The lowest BCUT2D eigenvalue weighted by Gasteiger charge is -2.28. The standard InChI is InChI=1S/C18H13F7N2O2/c19-16(20,17(21,22)18(23,24)25)10-26-14(28)12-7-4-8-13(9-12)27-15(29)11-5-2-1-3-6-11/h1-9H,10H2,(H,26,28)(H,27,29). The first-order valence-corrected chi connectivity index (χ1v) is 7.92. The van der Waals surface area contributed by atoms with E-state index in [0.29, 0.717) is 0 Å². The summed E-state index contributed by atoms with van der Waals surface area (Å²) in [5.41, 5.74) is 0.0391. The number of amides is 2. The van der Waals surface area contributed by atoms with Crippen LogP contribution in [0.3, 0.4) is 0 Å². The predicted octanol–water partition coefficient (Wildman–Crippen LogP) is 4.50. The smallest absolute Gasteiger partial charge is 0.346 e. The molecule has 2 aromatic rings. The molecule has 0 aliphatic heterocycles. The average Bonchev–Trinajstić information content (AvgIpc) is 2.66. The number of rotatable bonds is 6. The lowest BCUT2D eigenvalue weighted by Crippen LogP contribution is -2.56. The van der Waals surface area contributed by atoms with Crippen molar-refractivity contribution in [3.8, 4) is 0 Å². The molecule has 0 aliphatic carbocycles. The van der Waals surface area contributed by atoms with Crippen LogP contribution in [-0.4, -0.2) is 36.4 Å². The number of anilines is 1. The molecule has 2 rings (SSSR count). The van der Waals surface area contributed by atoms with Gasteiger partial charge in [-0.25, -0.2) is 0 Å². The molecule has 0 aromatic heterocycles. The number of halogens is 7. The fourth-order valence-corrected chi connectivity index (χ4v) is 2.14. The van der Waals surface area contributed by atoms with Gasteiger partial charge in [-0.15, -0.1) is 0 Å². The molecule has 2 N–H and O–H groups in total. The third kappa shape index (κ3) is 5.04. The number of nitrogens with one attached hydrogen (secondary N) is 2. The van der Waals surface area contributed by atoms with E-state index in [-0.39, 0.29) is 16.8 Å². The number of alkyl halides is 7. The zero-order chi connectivity index (χ0) is 21.9. The summed E-state index contributed by atoms with van der Waals surface area (Å²) in [6, 6.07) is 12.7. The topological polar surface area (TPSA) is 58.2 Å². The largest absolute Gasteiger partial charge is 0.459 e. The first-order valence-electron chi connectivity index (χ1n) is 7.92. The number of hydrogen-bond donors (Lipinski definition) is 2. The molecule has 0 bridgehead atoms. The Morgan fingerprint density at radius 3 is 1.93 bits per heavy atom. The van der Waals surface area contributed by atoms with Gasteiger partial charge in [0.2, 0.25) is 0 Å². The molecule has 0 atom stereocenters. The van der Waals surface area contributed by atoms with Crippen LogP contribution in [0.25, 0.3) is 0 Å². The minimum absolute atomic E-state index is 0.0823. The van der Waals surface area contributed by atoms with E-state index < -0.39 is 36.4 Å². The van der Waals surface area contributed by atoms with Crippen LogP contribution in [0.4, 0.5) is 36.4 Å². The van der Waals surface area contributed by atoms with Gasteiger partial charge in [0.1, 0.15) is 0 Å². The molecule has 0 saturated carbocycles. The van der Waals surface area contributed by atoms with E-state index in [0.717, 1.165) is 12.1 Å². The molecular weight excluding hydrogens is 409 g/mol. The Hall–Kier alpha value is -3.11. The fourth-order valence-electron chi connectivity index (χ4n) is 2.14. The first kappa shape index (κ1) is 22.2. The second-order valence-electron chi connectivity index (χ2n) is 5.86. The van der Waals surface area contributed by atoms with Crippen molar-refractivity contribution >= 4 is 17.5 Å². The van der Waals surface area contributed by atoms with Crippen molar-refractivity contribution in [3.63, 3.8) is 0 Å².